The quantitative estimate of drug-likeness (QED) is 0.191. The van der Waals surface area contributed by atoms with E-state index in [1.54, 1.807) is 6.92 Å². The average molecular weight is 336 g/mol. The molecule has 5 nitrogen and oxygen atoms in total. The van der Waals surface area contributed by atoms with Gasteiger partial charge in [0.15, 0.2) is 16.8 Å². The molecule has 0 radical (unpaired) electrons. The fourth-order valence-corrected chi connectivity index (χ4v) is 1.72. The van der Waals surface area contributed by atoms with Crippen molar-refractivity contribution in [1.29, 1.82) is 0 Å². The fourth-order valence-electron chi connectivity index (χ4n) is 1.29. The second-order valence-electron chi connectivity index (χ2n) is 3.70. The van der Waals surface area contributed by atoms with Crippen LogP contribution in [0.1, 0.15) is 23.7 Å². The first kappa shape index (κ1) is 17.4. The monoisotopic (exact) mass is 335 g/mol. The molecule has 0 spiro atoms. The summed E-state index contributed by atoms with van der Waals surface area (Å²) in [5, 5.41) is -0.571. The first-order valence-electron chi connectivity index (χ1n) is 5.95. The topological polar surface area (TPSA) is 65.5 Å². The summed E-state index contributed by atoms with van der Waals surface area (Å²) in [6.07, 6.45) is 2.15. The van der Waals surface area contributed by atoms with E-state index in [1.807, 2.05) is 0 Å². The van der Waals surface area contributed by atoms with Gasteiger partial charge in [0.05, 0.1) is 31.1 Å². The van der Waals surface area contributed by atoms with Crippen LogP contribution in [0.4, 0.5) is 4.39 Å². The minimum absolute atomic E-state index is 0.00465. The highest BCUT2D eigenvalue weighted by Crippen LogP contribution is 2.21. The number of ketones is 1. The van der Waals surface area contributed by atoms with Crippen LogP contribution in [-0.4, -0.2) is 30.0 Å². The standard InChI is InChI=1S/C13H12Cl2FNO4/c1-2-21-11(19)4-6-20-5-3-10(18)8-7-9(16)13(15)17-12(8)14/h4,6-7H,2-3,5H2,1H3. The lowest BCUT2D eigenvalue weighted by Crippen LogP contribution is -2.06. The van der Waals surface area contributed by atoms with Gasteiger partial charge in [-0.1, -0.05) is 23.2 Å². The molecular weight excluding hydrogens is 324 g/mol. The van der Waals surface area contributed by atoms with Crippen LogP contribution in [0.3, 0.4) is 0 Å². The molecule has 0 aliphatic heterocycles. The largest absolute Gasteiger partial charge is 0.500 e. The van der Waals surface area contributed by atoms with E-state index in [0.29, 0.717) is 0 Å². The van der Waals surface area contributed by atoms with Gasteiger partial charge in [-0.2, -0.15) is 0 Å². The summed E-state index contributed by atoms with van der Waals surface area (Å²) in [4.78, 5) is 26.2. The van der Waals surface area contributed by atoms with E-state index in [9.17, 15) is 14.0 Å². The Bertz CT molecular complexity index is 563. The van der Waals surface area contributed by atoms with Gasteiger partial charge in [0.25, 0.3) is 0 Å². The van der Waals surface area contributed by atoms with Crippen LogP contribution >= 0.6 is 23.2 Å². The lowest BCUT2D eigenvalue weighted by molar-refractivity contribution is -0.137. The summed E-state index contributed by atoms with van der Waals surface area (Å²) in [6.45, 7) is 1.93. The van der Waals surface area contributed by atoms with Gasteiger partial charge < -0.3 is 9.47 Å². The predicted molar refractivity (Wildman–Crippen MR) is 74.9 cm³/mol. The SMILES string of the molecule is CCOC(=O)C=COCCC(=O)c1cc(F)c(Cl)nc1Cl. The molecule has 1 heterocycles. The first-order valence-corrected chi connectivity index (χ1v) is 6.71. The van der Waals surface area contributed by atoms with E-state index < -0.39 is 22.7 Å². The number of esters is 1. The van der Waals surface area contributed by atoms with Crippen molar-refractivity contribution in [3.8, 4) is 0 Å². The molecule has 0 unspecified atom stereocenters. The number of nitrogens with zero attached hydrogens (tertiary/aromatic N) is 1. The van der Waals surface area contributed by atoms with Crippen molar-refractivity contribution in [1.82, 2.24) is 4.98 Å². The van der Waals surface area contributed by atoms with E-state index in [0.717, 1.165) is 18.4 Å². The summed E-state index contributed by atoms with van der Waals surface area (Å²) in [7, 11) is 0. The number of halogens is 3. The predicted octanol–water partition coefficient (Wildman–Crippen LogP) is 3.19. The number of pyridine rings is 1. The van der Waals surface area contributed by atoms with Gasteiger partial charge >= 0.3 is 5.97 Å². The van der Waals surface area contributed by atoms with E-state index >= 15 is 0 Å². The van der Waals surface area contributed by atoms with Crippen LogP contribution in [0, 0.1) is 5.82 Å². The lowest BCUT2D eigenvalue weighted by atomic mass is 10.1. The molecule has 1 aromatic heterocycles. The van der Waals surface area contributed by atoms with Crippen LogP contribution in [0.15, 0.2) is 18.4 Å². The zero-order valence-corrected chi connectivity index (χ0v) is 12.6. The van der Waals surface area contributed by atoms with Crippen LogP contribution in [0.2, 0.25) is 10.3 Å². The number of hydrogen-bond donors (Lipinski definition) is 0. The van der Waals surface area contributed by atoms with Crippen molar-refractivity contribution in [2.24, 2.45) is 0 Å². The molecule has 0 bridgehead atoms. The van der Waals surface area contributed by atoms with Gasteiger partial charge in [0.2, 0.25) is 0 Å². The van der Waals surface area contributed by atoms with Gasteiger partial charge in [-0.25, -0.2) is 14.2 Å². The summed E-state index contributed by atoms with van der Waals surface area (Å²) in [6, 6.07) is 0.925. The third-order valence-corrected chi connectivity index (χ3v) is 2.77. The summed E-state index contributed by atoms with van der Waals surface area (Å²) in [5.74, 6) is -1.82. The van der Waals surface area contributed by atoms with Gasteiger partial charge in [-0.3, -0.25) is 4.79 Å². The molecule has 0 atom stereocenters. The molecule has 0 fully saturated rings. The highest BCUT2D eigenvalue weighted by Gasteiger charge is 2.15. The van der Waals surface area contributed by atoms with Gasteiger partial charge in [-0.15, -0.1) is 0 Å². The number of carbonyl (C=O) groups excluding carboxylic acids is 2. The second kappa shape index (κ2) is 8.59. The zero-order chi connectivity index (χ0) is 15.8. The third kappa shape index (κ3) is 5.69. The maximum atomic E-state index is 13.2. The lowest BCUT2D eigenvalue weighted by Gasteiger charge is -2.04. The van der Waals surface area contributed by atoms with Gasteiger partial charge in [0.1, 0.15) is 5.15 Å². The Labute approximate surface area is 130 Å². The molecule has 0 aliphatic carbocycles. The minimum Gasteiger partial charge on any atom is -0.500 e. The molecule has 8 heteroatoms. The number of hydrogen-bond acceptors (Lipinski definition) is 5. The molecule has 0 saturated heterocycles. The summed E-state index contributed by atoms with van der Waals surface area (Å²) >= 11 is 11.1. The maximum absolute atomic E-state index is 13.2. The molecule has 0 amide bonds. The Hall–Kier alpha value is -1.66. The van der Waals surface area contributed by atoms with Crippen LogP contribution < -0.4 is 0 Å². The van der Waals surface area contributed by atoms with Gasteiger partial charge in [0, 0.05) is 6.42 Å². The molecule has 1 aromatic rings. The molecule has 0 saturated carbocycles. The molecule has 0 N–H and O–H groups in total. The third-order valence-electron chi connectivity index (χ3n) is 2.22. The number of ether oxygens (including phenoxy) is 2. The summed E-state index contributed by atoms with van der Waals surface area (Å²) in [5.41, 5.74) is -0.0726. The smallest absolute Gasteiger partial charge is 0.333 e. The Morgan fingerprint density at radius 2 is 2.10 bits per heavy atom. The maximum Gasteiger partial charge on any atom is 0.333 e. The fraction of sp³-hybridized carbons (Fsp3) is 0.308. The van der Waals surface area contributed by atoms with E-state index in [2.05, 4.69) is 9.72 Å². The van der Waals surface area contributed by atoms with Crippen molar-refractivity contribution < 1.29 is 23.5 Å². The number of aromatic nitrogens is 1. The molecule has 1 rings (SSSR count). The molecule has 0 aliphatic rings. The first-order chi connectivity index (χ1) is 9.95. The van der Waals surface area contributed by atoms with Crippen LogP contribution in [0.5, 0.6) is 0 Å². The Balaban J connectivity index is 2.48. The minimum atomic E-state index is -0.826. The van der Waals surface area contributed by atoms with Crippen LogP contribution in [0.25, 0.3) is 0 Å². The van der Waals surface area contributed by atoms with Crippen molar-refractivity contribution in [3.63, 3.8) is 0 Å². The van der Waals surface area contributed by atoms with Crippen LogP contribution in [-0.2, 0) is 14.3 Å². The highest BCUT2D eigenvalue weighted by molar-refractivity contribution is 6.34. The molecular formula is C13H12Cl2FNO4. The van der Waals surface area contributed by atoms with Crippen molar-refractivity contribution in [2.45, 2.75) is 13.3 Å². The number of carbonyl (C=O) groups is 2. The highest BCUT2D eigenvalue weighted by atomic mass is 35.5. The number of rotatable bonds is 7. The normalized spacial score (nSPS) is 10.7. The van der Waals surface area contributed by atoms with Crippen molar-refractivity contribution in [3.05, 3.63) is 40.1 Å². The Kier molecular flexibility index (Phi) is 7.11. The Morgan fingerprint density at radius 1 is 1.38 bits per heavy atom. The van der Waals surface area contributed by atoms with E-state index in [1.165, 1.54) is 0 Å². The zero-order valence-electron chi connectivity index (χ0n) is 11.1. The summed E-state index contributed by atoms with van der Waals surface area (Å²) < 4.78 is 22.8. The van der Waals surface area contributed by atoms with Crippen molar-refractivity contribution in [2.75, 3.05) is 13.2 Å². The Morgan fingerprint density at radius 3 is 2.76 bits per heavy atom. The average Bonchev–Trinajstić information content (AvgIpc) is 2.42. The van der Waals surface area contributed by atoms with Crippen molar-refractivity contribution >= 4 is 35.0 Å². The van der Waals surface area contributed by atoms with Gasteiger partial charge in [-0.05, 0) is 13.0 Å². The molecule has 114 valence electrons. The van der Waals surface area contributed by atoms with E-state index in [4.69, 9.17) is 27.9 Å². The molecule has 21 heavy (non-hydrogen) atoms. The second-order valence-corrected chi connectivity index (χ2v) is 4.41. The van der Waals surface area contributed by atoms with E-state index in [-0.39, 0.29) is 30.4 Å². The molecule has 0 aromatic carbocycles. The number of Topliss-reactive ketones (excluding diaryl/α,β-unsaturated/α-hetero) is 1.